The van der Waals surface area contributed by atoms with Crippen LogP contribution in [0.15, 0.2) is 0 Å². The van der Waals surface area contributed by atoms with Gasteiger partial charge >= 0.3 is 0 Å². The van der Waals surface area contributed by atoms with Gasteiger partial charge in [0.1, 0.15) is 0 Å². The van der Waals surface area contributed by atoms with E-state index >= 15 is 0 Å². The van der Waals surface area contributed by atoms with Crippen LogP contribution in [-0.2, 0) is 4.74 Å². The van der Waals surface area contributed by atoms with Crippen LogP contribution in [0.4, 0.5) is 0 Å². The van der Waals surface area contributed by atoms with Crippen molar-refractivity contribution in [2.24, 2.45) is 11.8 Å². The fraction of sp³-hybridized carbons (Fsp3) is 1.00. The Morgan fingerprint density at radius 1 is 1.07 bits per heavy atom. The summed E-state index contributed by atoms with van der Waals surface area (Å²) in [5.41, 5.74) is 0. The van der Waals surface area contributed by atoms with Crippen LogP contribution in [0.3, 0.4) is 0 Å². The minimum Gasteiger partial charge on any atom is -0.381 e. The van der Waals surface area contributed by atoms with Crippen LogP contribution < -0.4 is 0 Å². The van der Waals surface area contributed by atoms with Gasteiger partial charge in [0.2, 0.25) is 0 Å². The zero-order valence-electron chi connectivity index (χ0n) is 9.96. The molecule has 14 heavy (non-hydrogen) atoms. The van der Waals surface area contributed by atoms with E-state index in [9.17, 15) is 0 Å². The molecule has 0 aliphatic rings. The molecule has 0 aromatic heterocycles. The summed E-state index contributed by atoms with van der Waals surface area (Å²) in [4.78, 5) is 0. The summed E-state index contributed by atoms with van der Waals surface area (Å²) >= 11 is 4.34. The van der Waals surface area contributed by atoms with Gasteiger partial charge in [-0.2, -0.15) is 12.6 Å². The first kappa shape index (κ1) is 14.3. The molecule has 0 saturated heterocycles. The Morgan fingerprint density at radius 3 is 2.21 bits per heavy atom. The van der Waals surface area contributed by atoms with E-state index < -0.39 is 0 Å². The first-order valence-electron chi connectivity index (χ1n) is 5.93. The zero-order valence-corrected chi connectivity index (χ0v) is 10.9. The molecule has 0 spiro atoms. The van der Waals surface area contributed by atoms with E-state index in [4.69, 9.17) is 4.74 Å². The summed E-state index contributed by atoms with van der Waals surface area (Å²) in [6.45, 7) is 8.52. The lowest BCUT2D eigenvalue weighted by molar-refractivity contribution is 0.0764. The van der Waals surface area contributed by atoms with Gasteiger partial charge in [0.15, 0.2) is 0 Å². The average molecular weight is 218 g/mol. The maximum absolute atomic E-state index is 5.70. The topological polar surface area (TPSA) is 9.23 Å². The van der Waals surface area contributed by atoms with Crippen molar-refractivity contribution in [1.82, 2.24) is 0 Å². The number of hydrogen-bond acceptors (Lipinski definition) is 2. The van der Waals surface area contributed by atoms with Gasteiger partial charge in [-0.1, -0.05) is 33.6 Å². The first-order chi connectivity index (χ1) is 6.74. The lowest BCUT2D eigenvalue weighted by atomic mass is 10.1. The van der Waals surface area contributed by atoms with E-state index in [0.29, 0.717) is 11.8 Å². The molecule has 0 aromatic carbocycles. The van der Waals surface area contributed by atoms with E-state index in [1.54, 1.807) is 0 Å². The number of rotatable bonds is 9. The van der Waals surface area contributed by atoms with Gasteiger partial charge in [-0.05, 0) is 30.4 Å². The van der Waals surface area contributed by atoms with Crippen molar-refractivity contribution in [1.29, 1.82) is 0 Å². The van der Waals surface area contributed by atoms with Crippen LogP contribution in [0.5, 0.6) is 0 Å². The van der Waals surface area contributed by atoms with Crippen molar-refractivity contribution in [3.05, 3.63) is 0 Å². The second kappa shape index (κ2) is 9.85. The molecule has 0 aliphatic heterocycles. The molecule has 0 amide bonds. The summed E-state index contributed by atoms with van der Waals surface area (Å²) in [5.74, 6) is 2.31. The standard InChI is InChI=1S/C12H26OS/c1-4-6-11(3)8-13-9-12(10-14)7-5-2/h11-12,14H,4-10H2,1-3H3. The molecule has 2 atom stereocenters. The fourth-order valence-electron chi connectivity index (χ4n) is 1.65. The Labute approximate surface area is 95.0 Å². The molecule has 0 heterocycles. The van der Waals surface area contributed by atoms with E-state index in [-0.39, 0.29) is 0 Å². The molecule has 0 radical (unpaired) electrons. The van der Waals surface area contributed by atoms with Crippen LogP contribution in [-0.4, -0.2) is 19.0 Å². The number of thiol groups is 1. The van der Waals surface area contributed by atoms with Crippen LogP contribution in [0.1, 0.15) is 46.5 Å². The van der Waals surface area contributed by atoms with E-state index in [1.807, 2.05) is 0 Å². The van der Waals surface area contributed by atoms with Gasteiger partial charge in [-0.25, -0.2) is 0 Å². The molecule has 1 nitrogen and oxygen atoms in total. The summed E-state index contributed by atoms with van der Waals surface area (Å²) in [6.07, 6.45) is 5.01. The average Bonchev–Trinajstić information content (AvgIpc) is 2.17. The minimum absolute atomic E-state index is 0.650. The maximum Gasteiger partial charge on any atom is 0.0502 e. The monoisotopic (exact) mass is 218 g/mol. The second-order valence-electron chi connectivity index (χ2n) is 4.27. The van der Waals surface area contributed by atoms with Crippen LogP contribution in [0.25, 0.3) is 0 Å². The quantitative estimate of drug-likeness (QED) is 0.579. The van der Waals surface area contributed by atoms with Gasteiger partial charge in [0.25, 0.3) is 0 Å². The second-order valence-corrected chi connectivity index (χ2v) is 4.63. The highest BCUT2D eigenvalue weighted by Gasteiger charge is 2.07. The van der Waals surface area contributed by atoms with Crippen molar-refractivity contribution in [2.45, 2.75) is 46.5 Å². The van der Waals surface area contributed by atoms with Crippen molar-refractivity contribution >= 4 is 12.6 Å². The van der Waals surface area contributed by atoms with Crippen LogP contribution in [0, 0.1) is 11.8 Å². The molecule has 0 rings (SSSR count). The Balaban J connectivity index is 3.40. The maximum atomic E-state index is 5.70. The third kappa shape index (κ3) is 7.69. The van der Waals surface area contributed by atoms with Crippen LogP contribution in [0.2, 0.25) is 0 Å². The molecule has 2 unspecified atom stereocenters. The fourth-order valence-corrected chi connectivity index (χ4v) is 1.94. The predicted octanol–water partition coefficient (Wildman–Crippen LogP) is 3.79. The summed E-state index contributed by atoms with van der Waals surface area (Å²) in [5, 5.41) is 0. The molecule has 0 aromatic rings. The molecule has 0 saturated carbocycles. The van der Waals surface area contributed by atoms with Crippen molar-refractivity contribution < 1.29 is 4.74 Å². The Bertz CT molecular complexity index is 117. The Morgan fingerprint density at radius 2 is 1.71 bits per heavy atom. The number of ether oxygens (including phenoxy) is 1. The van der Waals surface area contributed by atoms with Gasteiger partial charge in [-0.15, -0.1) is 0 Å². The third-order valence-corrected chi connectivity index (χ3v) is 3.01. The summed E-state index contributed by atoms with van der Waals surface area (Å²) < 4.78 is 5.70. The highest BCUT2D eigenvalue weighted by atomic mass is 32.1. The highest BCUT2D eigenvalue weighted by Crippen LogP contribution is 2.11. The van der Waals surface area contributed by atoms with E-state index in [2.05, 4.69) is 33.4 Å². The smallest absolute Gasteiger partial charge is 0.0502 e. The van der Waals surface area contributed by atoms with Gasteiger partial charge < -0.3 is 4.74 Å². The third-order valence-electron chi connectivity index (χ3n) is 2.49. The predicted molar refractivity (Wildman–Crippen MR) is 67.1 cm³/mol. The molecule has 2 heteroatoms. The molecule has 0 bridgehead atoms. The lowest BCUT2D eigenvalue weighted by Crippen LogP contribution is -2.14. The summed E-state index contributed by atoms with van der Waals surface area (Å²) in [6, 6.07) is 0. The lowest BCUT2D eigenvalue weighted by Gasteiger charge is -2.16. The van der Waals surface area contributed by atoms with Gasteiger partial charge in [0.05, 0.1) is 6.61 Å². The molecule has 0 N–H and O–H groups in total. The van der Waals surface area contributed by atoms with E-state index in [1.165, 1.54) is 25.7 Å². The largest absolute Gasteiger partial charge is 0.381 e. The SMILES string of the molecule is CCCC(C)COCC(CS)CCC. The normalized spacial score (nSPS) is 15.4. The molecular weight excluding hydrogens is 192 g/mol. The molecular formula is C12H26OS. The number of hydrogen-bond donors (Lipinski definition) is 1. The van der Waals surface area contributed by atoms with Gasteiger partial charge in [-0.3, -0.25) is 0 Å². The first-order valence-corrected chi connectivity index (χ1v) is 6.56. The van der Waals surface area contributed by atoms with Gasteiger partial charge in [0, 0.05) is 6.61 Å². The molecule has 86 valence electrons. The minimum atomic E-state index is 0.650. The molecule has 0 aliphatic carbocycles. The Hall–Kier alpha value is 0.310. The van der Waals surface area contributed by atoms with Crippen LogP contribution >= 0.6 is 12.6 Å². The van der Waals surface area contributed by atoms with Crippen molar-refractivity contribution in [3.63, 3.8) is 0 Å². The zero-order chi connectivity index (χ0) is 10.8. The van der Waals surface area contributed by atoms with Crippen molar-refractivity contribution in [3.8, 4) is 0 Å². The Kier molecular flexibility index (Phi) is 10.1. The van der Waals surface area contributed by atoms with E-state index in [0.717, 1.165) is 19.0 Å². The highest BCUT2D eigenvalue weighted by molar-refractivity contribution is 7.80. The summed E-state index contributed by atoms with van der Waals surface area (Å²) in [7, 11) is 0. The van der Waals surface area contributed by atoms with Crippen molar-refractivity contribution in [2.75, 3.05) is 19.0 Å². The molecule has 0 fully saturated rings.